The molecule has 0 saturated heterocycles. The SMILES string of the molecule is CC1(C)c2ccccc2-c2cc3c4cc(C5=Cc6ccccc6C6CC56)ccc4n(-c4ccc5c6ccccc6c6ccccc6c5c4)c3cc21. The van der Waals surface area contributed by atoms with E-state index in [2.05, 4.69) is 170 Å². The zero-order valence-electron chi connectivity index (χ0n) is 28.7. The molecule has 0 radical (unpaired) electrons. The Labute approximate surface area is 297 Å². The van der Waals surface area contributed by atoms with Crippen molar-refractivity contribution >= 4 is 65.8 Å². The van der Waals surface area contributed by atoms with Gasteiger partial charge in [-0.2, -0.15) is 0 Å². The number of hydrogen-bond donors (Lipinski definition) is 0. The Hall–Kier alpha value is -5.92. The highest BCUT2D eigenvalue weighted by atomic mass is 15.0. The maximum Gasteiger partial charge on any atom is 0.0544 e. The zero-order valence-corrected chi connectivity index (χ0v) is 28.7. The first-order valence-corrected chi connectivity index (χ1v) is 18.4. The van der Waals surface area contributed by atoms with Gasteiger partial charge in [-0.3, -0.25) is 0 Å². The van der Waals surface area contributed by atoms with E-state index in [0.717, 1.165) is 0 Å². The van der Waals surface area contributed by atoms with E-state index in [-0.39, 0.29) is 5.41 Å². The molecule has 1 heteroatoms. The van der Waals surface area contributed by atoms with Crippen molar-refractivity contribution in [2.45, 2.75) is 31.6 Å². The summed E-state index contributed by atoms with van der Waals surface area (Å²) in [6, 6.07) is 55.3. The molecule has 0 bridgehead atoms. The van der Waals surface area contributed by atoms with Crippen LogP contribution in [0.1, 0.15) is 54.0 Å². The van der Waals surface area contributed by atoms with E-state index in [1.807, 2.05) is 0 Å². The Bertz CT molecular complexity index is 3000. The summed E-state index contributed by atoms with van der Waals surface area (Å²) in [5, 5.41) is 10.5. The second kappa shape index (κ2) is 9.65. The van der Waals surface area contributed by atoms with E-state index in [1.54, 1.807) is 0 Å². The molecule has 1 fully saturated rings. The standard InChI is InChI=1S/C50H35N/c1-50(2)46-18-10-9-17-38(46)43-27-45-44-24-30(39-23-29-11-3-4-12-32(29)41-26-42(39)41)19-22-48(44)51(49(45)28-47(43)50)31-20-21-37-35-15-6-5-13-33(35)34-14-7-8-16-36(34)40(37)25-31/h3-25,27-28,41-42H,26H2,1-2H3. The summed E-state index contributed by atoms with van der Waals surface area (Å²) in [5.41, 5.74) is 15.0. The molecule has 1 saturated carbocycles. The first kappa shape index (κ1) is 27.9. The third-order valence-corrected chi connectivity index (χ3v) is 12.7. The molecule has 1 nitrogen and oxygen atoms in total. The van der Waals surface area contributed by atoms with Crippen LogP contribution in [0.5, 0.6) is 0 Å². The minimum absolute atomic E-state index is 0.0770. The first-order chi connectivity index (χ1) is 25.0. The van der Waals surface area contributed by atoms with Crippen LogP contribution in [0.25, 0.3) is 82.6 Å². The van der Waals surface area contributed by atoms with Crippen LogP contribution in [0, 0.1) is 5.92 Å². The smallest absolute Gasteiger partial charge is 0.0544 e. The summed E-state index contributed by atoms with van der Waals surface area (Å²) in [6.07, 6.45) is 3.72. The molecule has 12 rings (SSSR count). The monoisotopic (exact) mass is 649 g/mol. The molecular weight excluding hydrogens is 615 g/mol. The molecule has 2 atom stereocenters. The number of aromatic nitrogens is 1. The summed E-state index contributed by atoms with van der Waals surface area (Å²) >= 11 is 0. The molecule has 240 valence electrons. The lowest BCUT2D eigenvalue weighted by Gasteiger charge is -2.21. The number of benzene rings is 8. The normalized spacial score (nSPS) is 18.2. The van der Waals surface area contributed by atoms with Crippen molar-refractivity contribution in [3.63, 3.8) is 0 Å². The van der Waals surface area contributed by atoms with E-state index in [1.165, 1.54) is 111 Å². The van der Waals surface area contributed by atoms with Gasteiger partial charge in [0.2, 0.25) is 0 Å². The molecule has 8 aromatic carbocycles. The van der Waals surface area contributed by atoms with Gasteiger partial charge in [0.15, 0.2) is 0 Å². The van der Waals surface area contributed by atoms with Crippen LogP contribution in [0.3, 0.4) is 0 Å². The fourth-order valence-electron chi connectivity index (χ4n) is 10.1. The largest absolute Gasteiger partial charge is 0.309 e. The fourth-order valence-corrected chi connectivity index (χ4v) is 10.1. The summed E-state index contributed by atoms with van der Waals surface area (Å²) < 4.78 is 2.54. The van der Waals surface area contributed by atoms with Gasteiger partial charge in [0, 0.05) is 21.9 Å². The number of rotatable bonds is 2. The van der Waals surface area contributed by atoms with Crippen molar-refractivity contribution in [2.24, 2.45) is 5.92 Å². The fraction of sp³-hybridized carbons (Fsp3) is 0.120. The lowest BCUT2D eigenvalue weighted by atomic mass is 9.82. The molecule has 0 aliphatic heterocycles. The van der Waals surface area contributed by atoms with Crippen molar-refractivity contribution in [1.29, 1.82) is 0 Å². The van der Waals surface area contributed by atoms with Gasteiger partial charge in [-0.05, 0) is 131 Å². The van der Waals surface area contributed by atoms with E-state index < -0.39 is 0 Å². The molecule has 51 heavy (non-hydrogen) atoms. The average molecular weight is 650 g/mol. The number of fused-ring (bicyclic) bond motifs is 15. The highest BCUT2D eigenvalue weighted by Crippen LogP contribution is 2.59. The van der Waals surface area contributed by atoms with Gasteiger partial charge in [0.25, 0.3) is 0 Å². The number of allylic oxidation sites excluding steroid dienone is 1. The topological polar surface area (TPSA) is 4.93 Å². The lowest BCUT2D eigenvalue weighted by molar-refractivity contribution is 0.661. The molecular formula is C50H35N. The second-order valence-corrected chi connectivity index (χ2v) is 15.7. The molecule has 3 aliphatic rings. The molecule has 1 heterocycles. The van der Waals surface area contributed by atoms with Gasteiger partial charge in [-0.1, -0.05) is 129 Å². The Kier molecular flexibility index (Phi) is 5.27. The van der Waals surface area contributed by atoms with Gasteiger partial charge in [0.1, 0.15) is 0 Å². The van der Waals surface area contributed by atoms with E-state index in [4.69, 9.17) is 0 Å². The Morgan fingerprint density at radius 2 is 1.16 bits per heavy atom. The van der Waals surface area contributed by atoms with Gasteiger partial charge < -0.3 is 4.57 Å². The van der Waals surface area contributed by atoms with Crippen LogP contribution < -0.4 is 0 Å². The highest BCUT2D eigenvalue weighted by molar-refractivity contribution is 6.25. The quantitative estimate of drug-likeness (QED) is 0.164. The molecule has 0 N–H and O–H groups in total. The molecule has 1 aromatic heterocycles. The van der Waals surface area contributed by atoms with Crippen molar-refractivity contribution in [1.82, 2.24) is 4.57 Å². The number of hydrogen-bond acceptors (Lipinski definition) is 0. The van der Waals surface area contributed by atoms with Crippen LogP contribution in [0.15, 0.2) is 146 Å². The molecule has 0 spiro atoms. The third-order valence-electron chi connectivity index (χ3n) is 12.7. The van der Waals surface area contributed by atoms with Gasteiger partial charge >= 0.3 is 0 Å². The minimum Gasteiger partial charge on any atom is -0.309 e. The predicted octanol–water partition coefficient (Wildman–Crippen LogP) is 13.2. The molecule has 3 aliphatic carbocycles. The van der Waals surface area contributed by atoms with Crippen molar-refractivity contribution in [2.75, 3.05) is 0 Å². The third kappa shape index (κ3) is 3.66. The highest BCUT2D eigenvalue weighted by Gasteiger charge is 2.44. The maximum atomic E-state index is 2.54. The van der Waals surface area contributed by atoms with Gasteiger partial charge in [0.05, 0.1) is 11.0 Å². The lowest BCUT2D eigenvalue weighted by Crippen LogP contribution is -2.14. The predicted molar refractivity (Wildman–Crippen MR) is 216 cm³/mol. The van der Waals surface area contributed by atoms with Crippen LogP contribution >= 0.6 is 0 Å². The van der Waals surface area contributed by atoms with Gasteiger partial charge in [-0.15, -0.1) is 0 Å². The minimum atomic E-state index is -0.0770. The van der Waals surface area contributed by atoms with Crippen molar-refractivity contribution < 1.29 is 0 Å². The van der Waals surface area contributed by atoms with Crippen molar-refractivity contribution in [3.8, 4) is 16.8 Å². The Morgan fingerprint density at radius 1 is 0.490 bits per heavy atom. The van der Waals surface area contributed by atoms with Crippen LogP contribution in [0.2, 0.25) is 0 Å². The molecule has 9 aromatic rings. The van der Waals surface area contributed by atoms with E-state index >= 15 is 0 Å². The van der Waals surface area contributed by atoms with E-state index in [9.17, 15) is 0 Å². The van der Waals surface area contributed by atoms with Crippen LogP contribution in [-0.2, 0) is 5.41 Å². The maximum absolute atomic E-state index is 2.54. The zero-order chi connectivity index (χ0) is 33.6. The van der Waals surface area contributed by atoms with Crippen molar-refractivity contribution in [3.05, 3.63) is 173 Å². The summed E-state index contributed by atoms with van der Waals surface area (Å²) in [5.74, 6) is 1.27. The van der Waals surface area contributed by atoms with Crippen LogP contribution in [0.4, 0.5) is 0 Å². The van der Waals surface area contributed by atoms with Gasteiger partial charge in [-0.25, -0.2) is 0 Å². The van der Waals surface area contributed by atoms with E-state index in [0.29, 0.717) is 11.8 Å². The molecule has 2 unspecified atom stereocenters. The second-order valence-electron chi connectivity index (χ2n) is 15.7. The number of nitrogens with zero attached hydrogens (tertiary/aromatic N) is 1. The average Bonchev–Trinajstić information content (AvgIpc) is 3.88. The molecule has 0 amide bonds. The summed E-state index contributed by atoms with van der Waals surface area (Å²) in [4.78, 5) is 0. The summed E-state index contributed by atoms with van der Waals surface area (Å²) in [7, 11) is 0. The Morgan fingerprint density at radius 3 is 1.96 bits per heavy atom. The first-order valence-electron chi connectivity index (χ1n) is 18.4. The Balaban J connectivity index is 1.16. The van der Waals surface area contributed by atoms with Crippen LogP contribution in [-0.4, -0.2) is 4.57 Å². The summed E-state index contributed by atoms with van der Waals surface area (Å²) in [6.45, 7) is 4.78.